The lowest BCUT2D eigenvalue weighted by molar-refractivity contribution is 0.0526. The SMILES string of the molecule is CCOC(=O)c1ccc(NC(=S)N2CCN(c3ccccc3OCC)CC2)cc1. The summed E-state index contributed by atoms with van der Waals surface area (Å²) in [6, 6.07) is 15.3. The number of ether oxygens (including phenoxy) is 2. The van der Waals surface area contributed by atoms with Gasteiger partial charge in [-0.25, -0.2) is 4.79 Å². The summed E-state index contributed by atoms with van der Waals surface area (Å²) in [6.45, 7) is 8.20. The summed E-state index contributed by atoms with van der Waals surface area (Å²) in [4.78, 5) is 16.2. The van der Waals surface area contributed by atoms with Gasteiger partial charge < -0.3 is 24.6 Å². The van der Waals surface area contributed by atoms with Crippen LogP contribution < -0.4 is 15.0 Å². The number of hydrogen-bond acceptors (Lipinski definition) is 5. The summed E-state index contributed by atoms with van der Waals surface area (Å²) < 4.78 is 10.8. The Morgan fingerprint density at radius 3 is 2.34 bits per heavy atom. The number of carbonyl (C=O) groups is 1. The quantitative estimate of drug-likeness (QED) is 0.571. The number of rotatable bonds is 6. The number of piperazine rings is 1. The Morgan fingerprint density at radius 2 is 1.69 bits per heavy atom. The van der Waals surface area contributed by atoms with E-state index < -0.39 is 0 Å². The minimum Gasteiger partial charge on any atom is -0.492 e. The van der Waals surface area contributed by atoms with Crippen molar-refractivity contribution in [1.82, 2.24) is 4.90 Å². The molecule has 0 aliphatic carbocycles. The van der Waals surface area contributed by atoms with Crippen LogP contribution in [0.1, 0.15) is 24.2 Å². The van der Waals surface area contributed by atoms with Crippen molar-refractivity contribution in [1.29, 1.82) is 0 Å². The zero-order valence-corrected chi connectivity index (χ0v) is 17.7. The van der Waals surface area contributed by atoms with E-state index in [-0.39, 0.29) is 5.97 Å². The van der Waals surface area contributed by atoms with Gasteiger partial charge >= 0.3 is 5.97 Å². The largest absolute Gasteiger partial charge is 0.492 e. The minimum absolute atomic E-state index is 0.315. The normalized spacial score (nSPS) is 13.7. The van der Waals surface area contributed by atoms with Gasteiger partial charge in [0.05, 0.1) is 24.5 Å². The lowest BCUT2D eigenvalue weighted by Gasteiger charge is -2.38. The Kier molecular flexibility index (Phi) is 7.30. The number of anilines is 2. The molecule has 0 unspecified atom stereocenters. The van der Waals surface area contributed by atoms with E-state index >= 15 is 0 Å². The van der Waals surface area contributed by atoms with Crippen LogP contribution in [0, 0.1) is 0 Å². The van der Waals surface area contributed by atoms with Crippen molar-refractivity contribution in [2.45, 2.75) is 13.8 Å². The van der Waals surface area contributed by atoms with Gasteiger partial charge in [0.25, 0.3) is 0 Å². The van der Waals surface area contributed by atoms with Crippen molar-refractivity contribution in [3.8, 4) is 5.75 Å². The average molecular weight is 414 g/mol. The van der Waals surface area contributed by atoms with Crippen molar-refractivity contribution in [3.63, 3.8) is 0 Å². The molecule has 1 heterocycles. The fraction of sp³-hybridized carbons (Fsp3) is 0.364. The first-order valence-electron chi connectivity index (χ1n) is 9.92. The highest BCUT2D eigenvalue weighted by Crippen LogP contribution is 2.28. The van der Waals surface area contributed by atoms with E-state index in [1.807, 2.05) is 37.3 Å². The molecule has 154 valence electrons. The zero-order chi connectivity index (χ0) is 20.6. The first-order valence-corrected chi connectivity index (χ1v) is 10.3. The van der Waals surface area contributed by atoms with Crippen LogP contribution in [0.5, 0.6) is 5.75 Å². The van der Waals surface area contributed by atoms with E-state index in [2.05, 4.69) is 21.2 Å². The molecule has 7 heteroatoms. The molecular formula is C22H27N3O3S. The van der Waals surface area contributed by atoms with E-state index in [0.29, 0.717) is 23.9 Å². The van der Waals surface area contributed by atoms with Crippen LogP contribution in [0.4, 0.5) is 11.4 Å². The molecule has 2 aromatic carbocycles. The Balaban J connectivity index is 1.55. The lowest BCUT2D eigenvalue weighted by Crippen LogP contribution is -2.50. The predicted octanol–water partition coefficient (Wildman–Crippen LogP) is 3.78. The van der Waals surface area contributed by atoms with Crippen LogP contribution in [0.25, 0.3) is 0 Å². The van der Waals surface area contributed by atoms with Crippen LogP contribution in [-0.4, -0.2) is 55.4 Å². The highest BCUT2D eigenvalue weighted by Gasteiger charge is 2.21. The van der Waals surface area contributed by atoms with Crippen molar-refractivity contribution in [3.05, 3.63) is 54.1 Å². The third-order valence-corrected chi connectivity index (χ3v) is 5.08. The van der Waals surface area contributed by atoms with Gasteiger partial charge in [-0.1, -0.05) is 12.1 Å². The van der Waals surface area contributed by atoms with E-state index in [1.165, 1.54) is 0 Å². The van der Waals surface area contributed by atoms with E-state index in [0.717, 1.165) is 43.3 Å². The fourth-order valence-electron chi connectivity index (χ4n) is 3.25. The number of hydrogen-bond donors (Lipinski definition) is 1. The molecule has 1 aliphatic heterocycles. The smallest absolute Gasteiger partial charge is 0.338 e. The maximum atomic E-state index is 11.7. The number of carbonyl (C=O) groups excluding carboxylic acids is 1. The molecule has 6 nitrogen and oxygen atoms in total. The third-order valence-electron chi connectivity index (χ3n) is 4.72. The van der Waals surface area contributed by atoms with Crippen LogP contribution >= 0.6 is 12.2 Å². The molecule has 0 aromatic heterocycles. The summed E-state index contributed by atoms with van der Waals surface area (Å²) in [7, 11) is 0. The number of thiocarbonyl (C=S) groups is 1. The van der Waals surface area contributed by atoms with Crippen LogP contribution in [0.2, 0.25) is 0 Å². The Labute approximate surface area is 177 Å². The van der Waals surface area contributed by atoms with Gasteiger partial charge in [-0.3, -0.25) is 0 Å². The number of nitrogens with one attached hydrogen (secondary N) is 1. The van der Waals surface area contributed by atoms with Crippen molar-refractivity contribution in [2.24, 2.45) is 0 Å². The molecule has 0 radical (unpaired) electrons. The second kappa shape index (κ2) is 10.1. The zero-order valence-electron chi connectivity index (χ0n) is 16.9. The maximum absolute atomic E-state index is 11.7. The molecule has 2 aromatic rings. The molecule has 1 saturated heterocycles. The predicted molar refractivity (Wildman–Crippen MR) is 120 cm³/mol. The molecule has 0 amide bonds. The molecular weight excluding hydrogens is 386 g/mol. The van der Waals surface area contributed by atoms with Gasteiger partial charge in [-0.05, 0) is 62.5 Å². The molecule has 3 rings (SSSR count). The molecule has 1 fully saturated rings. The topological polar surface area (TPSA) is 54.0 Å². The van der Waals surface area contributed by atoms with Crippen molar-refractivity contribution < 1.29 is 14.3 Å². The first-order chi connectivity index (χ1) is 14.1. The van der Waals surface area contributed by atoms with Crippen LogP contribution in [0.15, 0.2) is 48.5 Å². The Bertz CT molecular complexity index is 833. The van der Waals surface area contributed by atoms with E-state index in [1.54, 1.807) is 19.1 Å². The number of benzene rings is 2. The lowest BCUT2D eigenvalue weighted by atomic mass is 10.2. The number of nitrogens with zero attached hydrogens (tertiary/aromatic N) is 2. The Hall–Kier alpha value is -2.80. The number of esters is 1. The average Bonchev–Trinajstić information content (AvgIpc) is 2.75. The van der Waals surface area contributed by atoms with Crippen LogP contribution in [-0.2, 0) is 4.74 Å². The maximum Gasteiger partial charge on any atom is 0.338 e. The highest BCUT2D eigenvalue weighted by molar-refractivity contribution is 7.80. The van der Waals surface area contributed by atoms with Gasteiger partial charge in [0.15, 0.2) is 5.11 Å². The summed E-state index contributed by atoms with van der Waals surface area (Å²) in [5.74, 6) is 0.607. The second-order valence-corrected chi connectivity index (χ2v) is 6.99. The van der Waals surface area contributed by atoms with Crippen molar-refractivity contribution in [2.75, 3.05) is 49.6 Å². The molecule has 1 aliphatic rings. The molecule has 29 heavy (non-hydrogen) atoms. The Morgan fingerprint density at radius 1 is 1.00 bits per heavy atom. The van der Waals surface area contributed by atoms with E-state index in [9.17, 15) is 4.79 Å². The van der Waals surface area contributed by atoms with Crippen LogP contribution in [0.3, 0.4) is 0 Å². The summed E-state index contributed by atoms with van der Waals surface area (Å²) in [5, 5.41) is 3.94. The van der Waals surface area contributed by atoms with Gasteiger partial charge in [-0.15, -0.1) is 0 Å². The first kappa shape index (κ1) is 20.9. The van der Waals surface area contributed by atoms with Gasteiger partial charge in [-0.2, -0.15) is 0 Å². The highest BCUT2D eigenvalue weighted by atomic mass is 32.1. The third kappa shape index (κ3) is 5.38. The molecule has 1 N–H and O–H groups in total. The molecule has 0 saturated carbocycles. The summed E-state index contributed by atoms with van der Waals surface area (Å²) in [5.41, 5.74) is 2.51. The van der Waals surface area contributed by atoms with Gasteiger partial charge in [0, 0.05) is 31.9 Å². The molecule has 0 spiro atoms. The van der Waals surface area contributed by atoms with E-state index in [4.69, 9.17) is 21.7 Å². The van der Waals surface area contributed by atoms with Gasteiger partial charge in [0.2, 0.25) is 0 Å². The van der Waals surface area contributed by atoms with Gasteiger partial charge in [0.1, 0.15) is 5.75 Å². The second-order valence-electron chi connectivity index (χ2n) is 6.60. The monoisotopic (exact) mass is 413 g/mol. The molecule has 0 atom stereocenters. The summed E-state index contributed by atoms with van der Waals surface area (Å²) in [6.07, 6.45) is 0. The van der Waals surface area contributed by atoms with Crippen molar-refractivity contribution >= 4 is 34.7 Å². The summed E-state index contributed by atoms with van der Waals surface area (Å²) >= 11 is 5.58. The number of para-hydroxylation sites is 2. The molecule has 0 bridgehead atoms. The standard InChI is InChI=1S/C22H27N3O3S/c1-3-27-20-8-6-5-7-19(20)24-13-15-25(16-14-24)22(29)23-18-11-9-17(10-12-18)21(26)28-4-2/h5-12H,3-4,13-16H2,1-2H3,(H,23,29). The minimum atomic E-state index is -0.315. The fourth-order valence-corrected chi connectivity index (χ4v) is 3.55.